The average molecular weight is 419 g/mol. The van der Waals surface area contributed by atoms with Gasteiger partial charge in [-0.2, -0.15) is 0 Å². The summed E-state index contributed by atoms with van der Waals surface area (Å²) >= 11 is 0. The first-order valence-electron chi connectivity index (χ1n) is 10.4. The number of benzene rings is 2. The third-order valence-electron chi connectivity index (χ3n) is 6.10. The van der Waals surface area contributed by atoms with Crippen molar-refractivity contribution in [3.63, 3.8) is 0 Å². The normalized spacial score (nSPS) is 16.9. The lowest BCUT2D eigenvalue weighted by atomic mass is 10.2. The van der Waals surface area contributed by atoms with Crippen LogP contribution in [0.4, 0.5) is 0 Å². The van der Waals surface area contributed by atoms with Crippen molar-refractivity contribution >= 4 is 21.9 Å². The molecule has 8 nitrogen and oxygen atoms in total. The number of ether oxygens (including phenoxy) is 2. The number of para-hydroxylation sites is 2. The molecule has 4 aromatic rings. The van der Waals surface area contributed by atoms with Gasteiger partial charge in [0, 0.05) is 13.1 Å². The van der Waals surface area contributed by atoms with Crippen LogP contribution in [0.2, 0.25) is 0 Å². The summed E-state index contributed by atoms with van der Waals surface area (Å²) in [6.07, 6.45) is 2.11. The molecular weight excluding hydrogens is 394 g/mol. The largest absolute Gasteiger partial charge is 0.493 e. The molecule has 160 valence electrons. The minimum absolute atomic E-state index is 0.181. The molecule has 0 bridgehead atoms. The Balaban J connectivity index is 1.49. The number of aromatic amines is 1. The summed E-state index contributed by atoms with van der Waals surface area (Å²) in [7, 11) is 5.19. The Hall–Kier alpha value is -3.39. The van der Waals surface area contributed by atoms with Crippen molar-refractivity contribution in [2.75, 3.05) is 20.8 Å². The van der Waals surface area contributed by atoms with Gasteiger partial charge in [0.25, 0.3) is 5.56 Å². The highest BCUT2D eigenvalue weighted by Crippen LogP contribution is 2.34. The molecule has 0 aliphatic carbocycles. The van der Waals surface area contributed by atoms with Crippen LogP contribution in [0.1, 0.15) is 30.5 Å². The number of rotatable bonds is 5. The lowest BCUT2D eigenvalue weighted by Crippen LogP contribution is -2.27. The molecular formula is C23H25N5O3. The number of fused-ring (bicyclic) bond motifs is 2. The van der Waals surface area contributed by atoms with Gasteiger partial charge in [-0.1, -0.05) is 12.1 Å². The maximum Gasteiger partial charge on any atom is 0.258 e. The zero-order valence-corrected chi connectivity index (χ0v) is 17.9. The summed E-state index contributed by atoms with van der Waals surface area (Å²) in [6, 6.07) is 11.8. The third kappa shape index (κ3) is 3.33. The molecule has 31 heavy (non-hydrogen) atoms. The molecule has 2 aromatic carbocycles. The molecule has 8 heteroatoms. The number of imidazole rings is 1. The molecule has 0 unspecified atom stereocenters. The van der Waals surface area contributed by atoms with Crippen molar-refractivity contribution in [3.05, 3.63) is 58.4 Å². The highest BCUT2D eigenvalue weighted by molar-refractivity contribution is 5.81. The van der Waals surface area contributed by atoms with Crippen LogP contribution in [0.15, 0.2) is 41.2 Å². The molecule has 0 spiro atoms. The first-order chi connectivity index (χ1) is 15.1. The van der Waals surface area contributed by atoms with Gasteiger partial charge in [0.05, 0.1) is 48.7 Å². The van der Waals surface area contributed by atoms with Crippen molar-refractivity contribution in [3.8, 4) is 11.5 Å². The van der Waals surface area contributed by atoms with Crippen LogP contribution < -0.4 is 15.0 Å². The predicted octanol–water partition coefficient (Wildman–Crippen LogP) is 3.16. The Morgan fingerprint density at radius 2 is 1.87 bits per heavy atom. The minimum Gasteiger partial charge on any atom is -0.493 e. The molecule has 1 aliphatic heterocycles. The number of aryl methyl sites for hydroxylation is 1. The van der Waals surface area contributed by atoms with E-state index in [1.165, 1.54) is 0 Å². The third-order valence-corrected chi connectivity index (χ3v) is 6.10. The Bertz CT molecular complexity index is 1330. The van der Waals surface area contributed by atoms with Crippen LogP contribution in [-0.2, 0) is 13.6 Å². The fourth-order valence-corrected chi connectivity index (χ4v) is 4.55. The molecule has 1 fully saturated rings. The van der Waals surface area contributed by atoms with E-state index in [2.05, 4.69) is 27.6 Å². The van der Waals surface area contributed by atoms with Crippen molar-refractivity contribution in [2.24, 2.45) is 7.05 Å². The Morgan fingerprint density at radius 3 is 2.65 bits per heavy atom. The van der Waals surface area contributed by atoms with Gasteiger partial charge in [-0.25, -0.2) is 9.97 Å². The number of H-pyrrole nitrogens is 1. The Morgan fingerprint density at radius 1 is 1.10 bits per heavy atom. The number of methoxy groups -OCH3 is 2. The summed E-state index contributed by atoms with van der Waals surface area (Å²) in [4.78, 5) is 27.6. The van der Waals surface area contributed by atoms with Crippen LogP contribution in [0.3, 0.4) is 0 Å². The van der Waals surface area contributed by atoms with E-state index in [1.54, 1.807) is 26.4 Å². The van der Waals surface area contributed by atoms with Gasteiger partial charge in [0.1, 0.15) is 11.6 Å². The van der Waals surface area contributed by atoms with Gasteiger partial charge in [-0.15, -0.1) is 0 Å². The van der Waals surface area contributed by atoms with Crippen LogP contribution in [0.25, 0.3) is 21.9 Å². The molecule has 2 aromatic heterocycles. The summed E-state index contributed by atoms with van der Waals surface area (Å²) < 4.78 is 12.9. The van der Waals surface area contributed by atoms with E-state index in [9.17, 15) is 4.79 Å². The van der Waals surface area contributed by atoms with E-state index in [1.807, 2.05) is 18.2 Å². The van der Waals surface area contributed by atoms with Crippen molar-refractivity contribution < 1.29 is 9.47 Å². The van der Waals surface area contributed by atoms with Crippen molar-refractivity contribution in [1.29, 1.82) is 0 Å². The van der Waals surface area contributed by atoms with E-state index in [0.29, 0.717) is 34.8 Å². The van der Waals surface area contributed by atoms with E-state index in [0.717, 1.165) is 36.2 Å². The lowest BCUT2D eigenvalue weighted by molar-refractivity contribution is 0.231. The fraction of sp³-hybridized carbons (Fsp3) is 0.348. The zero-order chi connectivity index (χ0) is 21.5. The van der Waals surface area contributed by atoms with Gasteiger partial charge in [0.15, 0.2) is 11.5 Å². The lowest BCUT2D eigenvalue weighted by Gasteiger charge is -2.23. The first-order valence-corrected chi connectivity index (χ1v) is 10.4. The number of hydrogen-bond donors (Lipinski definition) is 1. The van der Waals surface area contributed by atoms with Gasteiger partial charge in [0.2, 0.25) is 0 Å². The molecule has 1 saturated heterocycles. The number of aromatic nitrogens is 4. The SMILES string of the molecule is COc1cc2nc(CN3CCC[C@@H]3c3nc4ccccc4n3C)[nH]c(=O)c2cc1OC. The summed E-state index contributed by atoms with van der Waals surface area (Å²) in [5.41, 5.74) is 2.54. The van der Waals surface area contributed by atoms with Gasteiger partial charge >= 0.3 is 0 Å². The van der Waals surface area contributed by atoms with Gasteiger partial charge in [-0.3, -0.25) is 9.69 Å². The maximum atomic E-state index is 12.7. The van der Waals surface area contributed by atoms with E-state index < -0.39 is 0 Å². The summed E-state index contributed by atoms with van der Waals surface area (Å²) in [5.74, 6) is 2.75. The Kier molecular flexibility index (Phi) is 4.86. The van der Waals surface area contributed by atoms with Crippen molar-refractivity contribution in [1.82, 2.24) is 24.4 Å². The van der Waals surface area contributed by atoms with Gasteiger partial charge < -0.3 is 19.0 Å². The highest BCUT2D eigenvalue weighted by atomic mass is 16.5. The summed E-state index contributed by atoms with van der Waals surface area (Å²) in [5, 5.41) is 0.481. The average Bonchev–Trinajstić information content (AvgIpc) is 3.37. The highest BCUT2D eigenvalue weighted by Gasteiger charge is 2.30. The van der Waals surface area contributed by atoms with E-state index in [4.69, 9.17) is 19.4 Å². The number of hydrogen-bond acceptors (Lipinski definition) is 6. The standard InChI is InChI=1S/C23H25N5O3/c1-27-17-8-5-4-7-15(17)25-22(27)18-9-6-10-28(18)13-21-24-16-12-20(31-3)19(30-2)11-14(16)23(29)26-21/h4-5,7-8,11-12,18H,6,9-10,13H2,1-3H3,(H,24,26,29)/t18-/m1/s1. The second kappa shape index (κ2) is 7.70. The minimum atomic E-state index is -0.181. The number of nitrogens with one attached hydrogen (secondary N) is 1. The van der Waals surface area contributed by atoms with Crippen LogP contribution >= 0.6 is 0 Å². The monoisotopic (exact) mass is 419 g/mol. The maximum absolute atomic E-state index is 12.7. The molecule has 3 heterocycles. The van der Waals surface area contributed by atoms with Crippen LogP contribution in [0.5, 0.6) is 11.5 Å². The number of nitrogens with zero attached hydrogens (tertiary/aromatic N) is 4. The molecule has 0 saturated carbocycles. The zero-order valence-electron chi connectivity index (χ0n) is 17.9. The predicted molar refractivity (Wildman–Crippen MR) is 119 cm³/mol. The van der Waals surface area contributed by atoms with Gasteiger partial charge in [-0.05, 0) is 37.6 Å². The van der Waals surface area contributed by atoms with Crippen LogP contribution in [0, 0.1) is 0 Å². The molecule has 0 radical (unpaired) electrons. The second-order valence-electron chi connectivity index (χ2n) is 7.88. The first kappa shape index (κ1) is 19.6. The quantitative estimate of drug-likeness (QED) is 0.535. The second-order valence-corrected chi connectivity index (χ2v) is 7.88. The Labute approximate surface area is 179 Å². The number of likely N-dealkylation sites (tertiary alicyclic amines) is 1. The summed E-state index contributed by atoms with van der Waals surface area (Å²) in [6.45, 7) is 1.48. The molecule has 5 rings (SSSR count). The van der Waals surface area contributed by atoms with E-state index >= 15 is 0 Å². The smallest absolute Gasteiger partial charge is 0.258 e. The topological polar surface area (TPSA) is 85.3 Å². The molecule has 1 aliphatic rings. The molecule has 0 amide bonds. The molecule has 1 atom stereocenters. The molecule has 1 N–H and O–H groups in total. The van der Waals surface area contributed by atoms with E-state index in [-0.39, 0.29) is 11.6 Å². The van der Waals surface area contributed by atoms with Crippen LogP contribution in [-0.4, -0.2) is 45.2 Å². The van der Waals surface area contributed by atoms with Crippen molar-refractivity contribution in [2.45, 2.75) is 25.4 Å². The fourth-order valence-electron chi connectivity index (χ4n) is 4.55.